The third kappa shape index (κ3) is 7.06. The van der Waals surface area contributed by atoms with E-state index in [-0.39, 0.29) is 5.75 Å². The van der Waals surface area contributed by atoms with Gasteiger partial charge in [-0.3, -0.25) is 0 Å². The quantitative estimate of drug-likeness (QED) is 0.802. The summed E-state index contributed by atoms with van der Waals surface area (Å²) < 4.78 is 22.5. The van der Waals surface area contributed by atoms with Crippen molar-refractivity contribution in [2.75, 3.05) is 18.6 Å². The van der Waals surface area contributed by atoms with Crippen LogP contribution in [0.15, 0.2) is 24.3 Å². The topological polar surface area (TPSA) is 46.2 Å². The van der Waals surface area contributed by atoms with Crippen LogP contribution >= 0.6 is 0 Å². The molecule has 0 aliphatic heterocycles. The van der Waals surface area contributed by atoms with E-state index in [1.54, 1.807) is 0 Å². The Morgan fingerprint density at radius 2 is 1.95 bits per heavy atom. The van der Waals surface area contributed by atoms with Gasteiger partial charge in [0, 0.05) is 24.6 Å². The Labute approximate surface area is 123 Å². The first-order valence-electron chi connectivity index (χ1n) is 7.25. The highest BCUT2D eigenvalue weighted by molar-refractivity contribution is 7.90. The number of hydrogen-bond donors (Lipinski definition) is 1. The summed E-state index contributed by atoms with van der Waals surface area (Å²) in [5, 5.41) is 3.46. The summed E-state index contributed by atoms with van der Waals surface area (Å²) in [5.41, 5.74) is 2.55. The summed E-state index contributed by atoms with van der Waals surface area (Å²) in [7, 11) is -2.86. The molecule has 1 aromatic carbocycles. The van der Waals surface area contributed by atoms with Crippen molar-refractivity contribution in [1.82, 2.24) is 5.32 Å². The predicted octanol–water partition coefficient (Wildman–Crippen LogP) is 2.90. The first-order valence-corrected chi connectivity index (χ1v) is 9.31. The second-order valence-electron chi connectivity index (χ2n) is 5.95. The minimum absolute atomic E-state index is 0.275. The summed E-state index contributed by atoms with van der Waals surface area (Å²) in [6, 6.07) is 8.95. The molecule has 1 rings (SSSR count). The van der Waals surface area contributed by atoms with Crippen molar-refractivity contribution in [2.24, 2.45) is 0 Å². The molecule has 114 valence electrons. The van der Waals surface area contributed by atoms with Crippen LogP contribution in [-0.4, -0.2) is 33.0 Å². The fourth-order valence-corrected chi connectivity index (χ4v) is 2.97. The molecule has 1 aromatic rings. The van der Waals surface area contributed by atoms with E-state index >= 15 is 0 Å². The SMILES string of the molecule is Cc1cccc(C(CCCS(C)(=O)=O)CNC(C)C)c1. The van der Waals surface area contributed by atoms with Crippen LogP contribution in [-0.2, 0) is 9.84 Å². The van der Waals surface area contributed by atoms with Crippen molar-refractivity contribution < 1.29 is 8.42 Å². The smallest absolute Gasteiger partial charge is 0.147 e. The maximum atomic E-state index is 11.3. The zero-order valence-corrected chi connectivity index (χ0v) is 13.8. The van der Waals surface area contributed by atoms with Gasteiger partial charge in [-0.05, 0) is 31.2 Å². The molecule has 0 saturated carbocycles. The largest absolute Gasteiger partial charge is 0.314 e. The van der Waals surface area contributed by atoms with E-state index in [0.29, 0.717) is 12.0 Å². The van der Waals surface area contributed by atoms with Gasteiger partial charge in [0.25, 0.3) is 0 Å². The van der Waals surface area contributed by atoms with Crippen LogP contribution in [0.25, 0.3) is 0 Å². The lowest BCUT2D eigenvalue weighted by Gasteiger charge is -2.20. The maximum absolute atomic E-state index is 11.3. The molecule has 0 aromatic heterocycles. The molecule has 0 aliphatic carbocycles. The summed E-state index contributed by atoms with van der Waals surface area (Å²) >= 11 is 0. The number of benzene rings is 1. The van der Waals surface area contributed by atoms with Crippen molar-refractivity contribution in [2.45, 2.75) is 45.6 Å². The first-order chi connectivity index (χ1) is 9.28. The highest BCUT2D eigenvalue weighted by Crippen LogP contribution is 2.22. The molecule has 0 spiro atoms. The average molecular weight is 297 g/mol. The number of nitrogens with one attached hydrogen (secondary N) is 1. The monoisotopic (exact) mass is 297 g/mol. The van der Waals surface area contributed by atoms with E-state index in [4.69, 9.17) is 0 Å². The summed E-state index contributed by atoms with van der Waals surface area (Å²) in [6.07, 6.45) is 2.93. The number of sulfone groups is 1. The van der Waals surface area contributed by atoms with Gasteiger partial charge in [0.15, 0.2) is 0 Å². The third-order valence-electron chi connectivity index (χ3n) is 3.35. The lowest BCUT2D eigenvalue weighted by atomic mass is 9.93. The average Bonchev–Trinajstić information content (AvgIpc) is 2.31. The highest BCUT2D eigenvalue weighted by atomic mass is 32.2. The van der Waals surface area contributed by atoms with Crippen molar-refractivity contribution in [1.29, 1.82) is 0 Å². The summed E-state index contributed by atoms with van der Waals surface area (Å²) in [6.45, 7) is 7.24. The normalized spacial score (nSPS) is 13.7. The molecule has 1 N–H and O–H groups in total. The summed E-state index contributed by atoms with van der Waals surface area (Å²) in [5.74, 6) is 0.649. The van der Waals surface area contributed by atoms with Crippen LogP contribution in [0.4, 0.5) is 0 Å². The van der Waals surface area contributed by atoms with Gasteiger partial charge in [0.05, 0.1) is 0 Å². The lowest BCUT2D eigenvalue weighted by Crippen LogP contribution is -2.28. The van der Waals surface area contributed by atoms with E-state index in [9.17, 15) is 8.42 Å². The predicted molar refractivity (Wildman–Crippen MR) is 86.0 cm³/mol. The minimum atomic E-state index is -2.86. The Morgan fingerprint density at radius 3 is 2.50 bits per heavy atom. The van der Waals surface area contributed by atoms with Crippen LogP contribution in [0, 0.1) is 6.92 Å². The molecule has 1 unspecified atom stereocenters. The fourth-order valence-electron chi connectivity index (χ4n) is 2.28. The molecule has 0 fully saturated rings. The molecule has 0 aliphatic rings. The van der Waals surface area contributed by atoms with E-state index in [2.05, 4.69) is 50.4 Å². The number of rotatable bonds is 8. The van der Waals surface area contributed by atoms with Crippen molar-refractivity contribution in [3.63, 3.8) is 0 Å². The second-order valence-corrected chi connectivity index (χ2v) is 8.21. The Hall–Kier alpha value is -0.870. The molecule has 0 bridgehead atoms. The van der Waals surface area contributed by atoms with Crippen molar-refractivity contribution >= 4 is 9.84 Å². The molecular formula is C16H27NO2S. The van der Waals surface area contributed by atoms with Crippen molar-refractivity contribution in [3.05, 3.63) is 35.4 Å². The molecule has 0 saturated heterocycles. The van der Waals surface area contributed by atoms with Crippen LogP contribution in [0.5, 0.6) is 0 Å². The second kappa shape index (κ2) is 7.79. The molecular weight excluding hydrogens is 270 g/mol. The highest BCUT2D eigenvalue weighted by Gasteiger charge is 2.13. The van der Waals surface area contributed by atoms with Gasteiger partial charge >= 0.3 is 0 Å². The number of aryl methyl sites for hydroxylation is 1. The van der Waals surface area contributed by atoms with Gasteiger partial charge in [-0.1, -0.05) is 43.7 Å². The van der Waals surface area contributed by atoms with E-state index in [0.717, 1.165) is 19.4 Å². The van der Waals surface area contributed by atoms with Gasteiger partial charge in [-0.2, -0.15) is 0 Å². The van der Waals surface area contributed by atoms with E-state index in [1.807, 2.05) is 0 Å². The van der Waals surface area contributed by atoms with E-state index < -0.39 is 9.84 Å². The van der Waals surface area contributed by atoms with Gasteiger partial charge in [0.1, 0.15) is 9.84 Å². The Balaban J connectivity index is 2.69. The maximum Gasteiger partial charge on any atom is 0.147 e. The third-order valence-corrected chi connectivity index (χ3v) is 4.38. The fraction of sp³-hybridized carbons (Fsp3) is 0.625. The molecule has 4 heteroatoms. The van der Waals surface area contributed by atoms with Gasteiger partial charge in [0.2, 0.25) is 0 Å². The molecule has 3 nitrogen and oxygen atoms in total. The van der Waals surface area contributed by atoms with Crippen LogP contribution in [0.2, 0.25) is 0 Å². The Bertz CT molecular complexity index is 509. The Morgan fingerprint density at radius 1 is 1.25 bits per heavy atom. The van der Waals surface area contributed by atoms with E-state index in [1.165, 1.54) is 17.4 Å². The van der Waals surface area contributed by atoms with Gasteiger partial charge in [-0.25, -0.2) is 8.42 Å². The van der Waals surface area contributed by atoms with Crippen LogP contribution in [0.1, 0.15) is 43.7 Å². The van der Waals surface area contributed by atoms with Gasteiger partial charge in [-0.15, -0.1) is 0 Å². The van der Waals surface area contributed by atoms with Gasteiger partial charge < -0.3 is 5.32 Å². The van der Waals surface area contributed by atoms with Crippen LogP contribution < -0.4 is 5.32 Å². The van der Waals surface area contributed by atoms with Crippen LogP contribution in [0.3, 0.4) is 0 Å². The molecule has 0 heterocycles. The number of hydrogen-bond acceptors (Lipinski definition) is 3. The molecule has 1 atom stereocenters. The van der Waals surface area contributed by atoms with Crippen molar-refractivity contribution in [3.8, 4) is 0 Å². The molecule has 20 heavy (non-hydrogen) atoms. The molecule has 0 radical (unpaired) electrons. The zero-order chi connectivity index (χ0) is 15.2. The minimum Gasteiger partial charge on any atom is -0.314 e. The zero-order valence-electron chi connectivity index (χ0n) is 13.0. The molecule has 0 amide bonds. The first kappa shape index (κ1) is 17.2. The standard InChI is InChI=1S/C16H27NO2S/c1-13(2)17-12-16(9-6-10-20(4,18)19)15-8-5-7-14(3)11-15/h5,7-8,11,13,16-17H,6,9-10,12H2,1-4H3. The lowest BCUT2D eigenvalue weighted by molar-refractivity contribution is 0.503. The summed E-state index contributed by atoms with van der Waals surface area (Å²) in [4.78, 5) is 0. The Kier molecular flexibility index (Phi) is 6.69.